The second-order valence-corrected chi connectivity index (χ2v) is 5.33. The van der Waals surface area contributed by atoms with E-state index in [2.05, 4.69) is 15.3 Å². The number of rotatable bonds is 2. The van der Waals surface area contributed by atoms with Gasteiger partial charge in [-0.25, -0.2) is 4.39 Å². The summed E-state index contributed by atoms with van der Waals surface area (Å²) in [4.78, 5) is 14.8. The number of nitrogens with one attached hydrogen (secondary N) is 1. The number of halogens is 2. The summed E-state index contributed by atoms with van der Waals surface area (Å²) in [6.07, 6.45) is 1.44. The Labute approximate surface area is 136 Å². The maximum atomic E-state index is 14.2. The van der Waals surface area contributed by atoms with E-state index in [-0.39, 0.29) is 0 Å². The van der Waals surface area contributed by atoms with Crippen LogP contribution in [0.2, 0.25) is 5.02 Å². The van der Waals surface area contributed by atoms with Gasteiger partial charge in [0, 0.05) is 26.7 Å². The van der Waals surface area contributed by atoms with Gasteiger partial charge in [0.15, 0.2) is 0 Å². The van der Waals surface area contributed by atoms with Crippen molar-refractivity contribution in [1.82, 2.24) is 0 Å². The van der Waals surface area contributed by atoms with Crippen molar-refractivity contribution in [3.63, 3.8) is 0 Å². The van der Waals surface area contributed by atoms with E-state index in [1.807, 2.05) is 0 Å². The molecule has 1 N–H and O–H groups in total. The minimum atomic E-state index is -1.08. The Kier molecular flexibility index (Phi) is 4.02. The van der Waals surface area contributed by atoms with Gasteiger partial charge in [0.1, 0.15) is 11.9 Å². The second-order valence-electron chi connectivity index (χ2n) is 4.89. The lowest BCUT2D eigenvalue weighted by molar-refractivity contribution is -0.116. The zero-order chi connectivity index (χ0) is 16.4. The quantitative estimate of drug-likeness (QED) is 0.490. The molecule has 0 bridgehead atoms. The minimum absolute atomic E-state index is 0.297. The monoisotopic (exact) mass is 328 g/mol. The van der Waals surface area contributed by atoms with Crippen LogP contribution in [-0.4, -0.2) is 11.9 Å². The first-order valence-electron chi connectivity index (χ1n) is 6.72. The summed E-state index contributed by atoms with van der Waals surface area (Å²) in [5.41, 5.74) is 10.4. The summed E-state index contributed by atoms with van der Waals surface area (Å²) in [6, 6.07) is 9.97. The van der Waals surface area contributed by atoms with Gasteiger partial charge in [-0.3, -0.25) is 4.79 Å². The number of hydrogen-bond acceptors (Lipinski definition) is 2. The molecule has 1 heterocycles. The molecule has 1 aliphatic heterocycles. The Morgan fingerprint density at radius 1 is 1.22 bits per heavy atom. The molecular formula is C16H10ClFN4O. The third-order valence-corrected chi connectivity index (χ3v) is 3.70. The maximum absolute atomic E-state index is 14.2. The van der Waals surface area contributed by atoms with Crippen molar-refractivity contribution < 1.29 is 9.18 Å². The normalized spacial score (nSPS) is 16.5. The first kappa shape index (κ1) is 15.1. The van der Waals surface area contributed by atoms with E-state index >= 15 is 0 Å². The molecule has 7 heteroatoms. The third-order valence-electron chi connectivity index (χ3n) is 3.46. The standard InChI is InChI=1S/C16H10ClFN4O/c17-9-5-6-14-12(7-9)11(10-3-1-2-4-13(10)18)8-15(21-22-19)16(23)20-14/h1-8,15H,(H,20,23). The summed E-state index contributed by atoms with van der Waals surface area (Å²) in [5.74, 6) is -0.934. The highest BCUT2D eigenvalue weighted by molar-refractivity contribution is 6.31. The Hall–Kier alpha value is -2.82. The second kappa shape index (κ2) is 6.12. The van der Waals surface area contributed by atoms with Crippen molar-refractivity contribution in [2.75, 3.05) is 5.32 Å². The average Bonchev–Trinajstić information content (AvgIpc) is 2.66. The van der Waals surface area contributed by atoms with Crippen molar-refractivity contribution in [1.29, 1.82) is 0 Å². The molecule has 1 atom stereocenters. The van der Waals surface area contributed by atoms with Crippen molar-refractivity contribution in [2.45, 2.75) is 6.04 Å². The first-order chi connectivity index (χ1) is 11.1. The average molecular weight is 329 g/mol. The molecule has 0 aliphatic carbocycles. The van der Waals surface area contributed by atoms with Crippen LogP contribution < -0.4 is 5.32 Å². The van der Waals surface area contributed by atoms with Gasteiger partial charge in [-0.15, -0.1) is 0 Å². The van der Waals surface area contributed by atoms with Crippen molar-refractivity contribution in [2.24, 2.45) is 5.11 Å². The molecule has 0 saturated carbocycles. The lowest BCUT2D eigenvalue weighted by atomic mass is 9.95. The van der Waals surface area contributed by atoms with Gasteiger partial charge < -0.3 is 5.32 Å². The van der Waals surface area contributed by atoms with Gasteiger partial charge in [-0.05, 0) is 35.4 Å². The van der Waals surface area contributed by atoms with Crippen LogP contribution in [-0.2, 0) is 4.79 Å². The van der Waals surface area contributed by atoms with Crippen molar-refractivity contribution in [3.05, 3.63) is 81.0 Å². The molecule has 1 aliphatic rings. The minimum Gasteiger partial charge on any atom is -0.325 e. The van der Waals surface area contributed by atoms with E-state index < -0.39 is 17.8 Å². The number of amides is 1. The number of hydrogen-bond donors (Lipinski definition) is 1. The molecule has 0 fully saturated rings. The topological polar surface area (TPSA) is 77.9 Å². The number of azide groups is 1. The van der Waals surface area contributed by atoms with Crippen LogP contribution in [0.4, 0.5) is 10.1 Å². The Morgan fingerprint density at radius 2 is 2.00 bits per heavy atom. The predicted octanol–water partition coefficient (Wildman–Crippen LogP) is 4.54. The van der Waals surface area contributed by atoms with Crippen LogP contribution in [0.25, 0.3) is 16.0 Å². The number of carbonyl (C=O) groups is 1. The molecule has 0 radical (unpaired) electrons. The van der Waals surface area contributed by atoms with Crippen LogP contribution in [0, 0.1) is 5.82 Å². The van der Waals surface area contributed by atoms with Crippen molar-refractivity contribution in [3.8, 4) is 0 Å². The van der Waals surface area contributed by atoms with Crippen LogP contribution in [0.3, 0.4) is 0 Å². The summed E-state index contributed by atoms with van der Waals surface area (Å²) in [5, 5.41) is 6.59. The molecule has 1 amide bonds. The maximum Gasteiger partial charge on any atom is 0.237 e. The van der Waals surface area contributed by atoms with Crippen LogP contribution in [0.5, 0.6) is 0 Å². The van der Waals surface area contributed by atoms with E-state index in [1.165, 1.54) is 12.1 Å². The predicted molar refractivity (Wildman–Crippen MR) is 86.5 cm³/mol. The van der Waals surface area contributed by atoms with Gasteiger partial charge in [0.25, 0.3) is 0 Å². The molecule has 2 aromatic rings. The van der Waals surface area contributed by atoms with E-state index in [1.54, 1.807) is 36.4 Å². The molecule has 23 heavy (non-hydrogen) atoms. The zero-order valence-electron chi connectivity index (χ0n) is 11.7. The summed E-state index contributed by atoms with van der Waals surface area (Å²) >= 11 is 6.04. The number of carbonyl (C=O) groups excluding carboxylic acids is 1. The first-order valence-corrected chi connectivity index (χ1v) is 7.09. The third kappa shape index (κ3) is 2.90. The Bertz CT molecular complexity index is 874. The fourth-order valence-corrected chi connectivity index (χ4v) is 2.61. The molecule has 2 aromatic carbocycles. The molecule has 0 saturated heterocycles. The number of nitrogens with zero attached hydrogens (tertiary/aromatic N) is 3. The van der Waals surface area contributed by atoms with Crippen LogP contribution in [0.15, 0.2) is 53.7 Å². The largest absolute Gasteiger partial charge is 0.325 e. The highest BCUT2D eigenvalue weighted by Gasteiger charge is 2.24. The molecule has 5 nitrogen and oxygen atoms in total. The molecule has 114 valence electrons. The molecule has 3 rings (SSSR count). The van der Waals surface area contributed by atoms with Crippen LogP contribution >= 0.6 is 11.6 Å². The summed E-state index contributed by atoms with van der Waals surface area (Å²) in [6.45, 7) is 0. The summed E-state index contributed by atoms with van der Waals surface area (Å²) < 4.78 is 14.2. The van der Waals surface area contributed by atoms with Gasteiger partial charge >= 0.3 is 0 Å². The zero-order valence-corrected chi connectivity index (χ0v) is 12.5. The van der Waals surface area contributed by atoms with E-state index in [4.69, 9.17) is 17.1 Å². The molecule has 0 spiro atoms. The Morgan fingerprint density at radius 3 is 2.74 bits per heavy atom. The van der Waals surface area contributed by atoms with E-state index in [9.17, 15) is 9.18 Å². The lowest BCUT2D eigenvalue weighted by Gasteiger charge is -2.12. The molecule has 1 unspecified atom stereocenters. The van der Waals surface area contributed by atoms with Gasteiger partial charge in [-0.2, -0.15) is 0 Å². The van der Waals surface area contributed by atoms with E-state index in [0.29, 0.717) is 27.4 Å². The fourth-order valence-electron chi connectivity index (χ4n) is 2.43. The fraction of sp³-hybridized carbons (Fsp3) is 0.0625. The summed E-state index contributed by atoms with van der Waals surface area (Å²) in [7, 11) is 0. The molecular weight excluding hydrogens is 319 g/mol. The Balaban J connectivity index is 2.29. The lowest BCUT2D eigenvalue weighted by Crippen LogP contribution is -2.23. The number of fused-ring (bicyclic) bond motifs is 1. The highest BCUT2D eigenvalue weighted by Crippen LogP contribution is 2.35. The van der Waals surface area contributed by atoms with E-state index in [0.717, 1.165) is 0 Å². The molecule has 0 aromatic heterocycles. The number of anilines is 1. The highest BCUT2D eigenvalue weighted by atomic mass is 35.5. The van der Waals surface area contributed by atoms with Crippen molar-refractivity contribution >= 4 is 28.8 Å². The van der Waals surface area contributed by atoms with Gasteiger partial charge in [-0.1, -0.05) is 41.0 Å². The van der Waals surface area contributed by atoms with Gasteiger partial charge in [0.2, 0.25) is 5.91 Å². The SMILES string of the molecule is [N-]=[N+]=NC1C=C(c2ccccc2F)c2cc(Cl)ccc2NC1=O. The van der Waals surface area contributed by atoms with Gasteiger partial charge in [0.05, 0.1) is 0 Å². The van der Waals surface area contributed by atoms with Crippen LogP contribution in [0.1, 0.15) is 11.1 Å². The number of benzene rings is 2. The smallest absolute Gasteiger partial charge is 0.237 e.